The molecule has 1 unspecified atom stereocenters. The third-order valence-electron chi connectivity index (χ3n) is 6.22. The van der Waals surface area contributed by atoms with E-state index in [-0.39, 0.29) is 11.8 Å². The number of hydrogen-bond donors (Lipinski definition) is 0. The molecule has 0 heterocycles. The molecule has 36 heavy (non-hydrogen) atoms. The predicted octanol–water partition coefficient (Wildman–Crippen LogP) is 8.03. The van der Waals surface area contributed by atoms with Crippen LogP contribution in [-0.2, 0) is 4.74 Å². The third kappa shape index (κ3) is 7.42. The van der Waals surface area contributed by atoms with Crippen LogP contribution in [0.4, 0.5) is 0 Å². The zero-order valence-electron chi connectivity index (χ0n) is 21.4. The molecule has 4 heteroatoms. The lowest BCUT2D eigenvalue weighted by atomic mass is 9.85. The van der Waals surface area contributed by atoms with Gasteiger partial charge in [0.25, 0.3) is 0 Å². The predicted molar refractivity (Wildman–Crippen MR) is 146 cm³/mol. The Labute approximate surface area is 215 Å². The molecule has 3 aromatic rings. The van der Waals surface area contributed by atoms with Gasteiger partial charge in [-0.2, -0.15) is 0 Å². The maximum Gasteiger partial charge on any atom is 0.338 e. The lowest BCUT2D eigenvalue weighted by Crippen LogP contribution is -2.13. The van der Waals surface area contributed by atoms with Crippen molar-refractivity contribution in [3.05, 3.63) is 102 Å². The van der Waals surface area contributed by atoms with Gasteiger partial charge in [-0.1, -0.05) is 88.6 Å². The molecule has 0 aliphatic heterocycles. The minimum Gasteiger partial charge on any atom is -0.490 e. The highest BCUT2D eigenvalue weighted by atomic mass is 16.5. The summed E-state index contributed by atoms with van der Waals surface area (Å²) in [5, 5.41) is 0. The molecule has 0 aromatic heterocycles. The fourth-order valence-corrected chi connectivity index (χ4v) is 4.14. The van der Waals surface area contributed by atoms with Gasteiger partial charge in [0.2, 0.25) is 0 Å². The first-order chi connectivity index (χ1) is 17.5. The molecule has 4 nitrogen and oxygen atoms in total. The van der Waals surface area contributed by atoms with Crippen molar-refractivity contribution < 1.29 is 19.1 Å². The summed E-state index contributed by atoms with van der Waals surface area (Å²) >= 11 is 0. The fraction of sp³-hybridized carbons (Fsp3) is 0.312. The number of esters is 1. The normalized spacial score (nSPS) is 11.5. The number of ether oxygens (including phenoxy) is 2. The van der Waals surface area contributed by atoms with Crippen LogP contribution in [0.25, 0.3) is 11.1 Å². The SMILES string of the molecule is C=CCOc1ccc(C(=O)C(C)c2cc(C(=O)OCCCCCCC)ccc2-c2ccccc2)cc1. The highest BCUT2D eigenvalue weighted by Gasteiger charge is 2.23. The number of rotatable bonds is 14. The average Bonchev–Trinajstić information content (AvgIpc) is 2.93. The minimum absolute atomic E-state index is 0.0242. The maximum absolute atomic E-state index is 13.5. The Morgan fingerprint density at radius 2 is 1.58 bits per heavy atom. The van der Waals surface area contributed by atoms with Gasteiger partial charge in [-0.3, -0.25) is 4.79 Å². The first-order valence-electron chi connectivity index (χ1n) is 12.8. The van der Waals surface area contributed by atoms with Gasteiger partial charge in [0, 0.05) is 11.5 Å². The van der Waals surface area contributed by atoms with E-state index in [9.17, 15) is 9.59 Å². The summed E-state index contributed by atoms with van der Waals surface area (Å²) in [6.07, 6.45) is 7.14. The van der Waals surface area contributed by atoms with Crippen LogP contribution in [0.5, 0.6) is 5.75 Å². The number of unbranched alkanes of at least 4 members (excludes halogenated alkanes) is 4. The zero-order valence-corrected chi connectivity index (χ0v) is 21.4. The molecule has 0 aliphatic carbocycles. The second-order valence-corrected chi connectivity index (χ2v) is 8.93. The molecule has 0 spiro atoms. The Bertz CT molecular complexity index is 1130. The van der Waals surface area contributed by atoms with Crippen LogP contribution in [0.15, 0.2) is 85.5 Å². The molecule has 0 bridgehead atoms. The van der Waals surface area contributed by atoms with Crippen molar-refractivity contribution in [2.75, 3.05) is 13.2 Å². The summed E-state index contributed by atoms with van der Waals surface area (Å²) in [6.45, 7) is 8.53. The average molecular weight is 485 g/mol. The molecule has 0 radical (unpaired) electrons. The Hall–Kier alpha value is -3.66. The Balaban J connectivity index is 1.82. The first kappa shape index (κ1) is 26.9. The maximum atomic E-state index is 13.5. The molecule has 1 atom stereocenters. The lowest BCUT2D eigenvalue weighted by Gasteiger charge is -2.18. The summed E-state index contributed by atoms with van der Waals surface area (Å²) < 4.78 is 11.1. The lowest BCUT2D eigenvalue weighted by molar-refractivity contribution is 0.0497. The first-order valence-corrected chi connectivity index (χ1v) is 12.8. The molecule has 188 valence electrons. The van der Waals surface area contributed by atoms with E-state index in [1.807, 2.05) is 49.4 Å². The van der Waals surface area contributed by atoms with Crippen molar-refractivity contribution in [2.24, 2.45) is 0 Å². The van der Waals surface area contributed by atoms with E-state index in [4.69, 9.17) is 9.47 Å². The van der Waals surface area contributed by atoms with Gasteiger partial charge < -0.3 is 9.47 Å². The van der Waals surface area contributed by atoms with Crippen molar-refractivity contribution in [3.8, 4) is 16.9 Å². The number of carbonyl (C=O) groups is 2. The van der Waals surface area contributed by atoms with E-state index in [1.165, 1.54) is 12.8 Å². The van der Waals surface area contributed by atoms with Gasteiger partial charge in [0.15, 0.2) is 5.78 Å². The second kappa shape index (κ2) is 14.0. The Morgan fingerprint density at radius 1 is 0.889 bits per heavy atom. The van der Waals surface area contributed by atoms with E-state index < -0.39 is 5.92 Å². The molecule has 3 aromatic carbocycles. The molecular weight excluding hydrogens is 448 g/mol. The quantitative estimate of drug-likeness (QED) is 0.101. The van der Waals surface area contributed by atoms with Crippen molar-refractivity contribution in [1.82, 2.24) is 0 Å². The molecule has 0 amide bonds. The van der Waals surface area contributed by atoms with Gasteiger partial charge in [-0.05, 0) is 59.5 Å². The van der Waals surface area contributed by atoms with Crippen LogP contribution in [0, 0.1) is 0 Å². The summed E-state index contributed by atoms with van der Waals surface area (Å²) in [5.41, 5.74) is 3.78. The molecule has 0 N–H and O–H groups in total. The highest BCUT2D eigenvalue weighted by molar-refractivity contribution is 6.02. The summed E-state index contributed by atoms with van der Waals surface area (Å²) in [4.78, 5) is 26.3. The van der Waals surface area contributed by atoms with Crippen molar-refractivity contribution in [1.29, 1.82) is 0 Å². The monoisotopic (exact) mass is 484 g/mol. The van der Waals surface area contributed by atoms with E-state index in [1.54, 1.807) is 36.4 Å². The Kier molecular flexibility index (Phi) is 10.5. The van der Waals surface area contributed by atoms with Gasteiger partial charge in [-0.15, -0.1) is 0 Å². The molecule has 0 saturated heterocycles. The third-order valence-corrected chi connectivity index (χ3v) is 6.22. The minimum atomic E-state index is -0.457. The highest BCUT2D eigenvalue weighted by Crippen LogP contribution is 2.33. The van der Waals surface area contributed by atoms with Gasteiger partial charge in [0.1, 0.15) is 12.4 Å². The van der Waals surface area contributed by atoms with Crippen LogP contribution in [0.1, 0.15) is 78.1 Å². The van der Waals surface area contributed by atoms with E-state index in [2.05, 4.69) is 13.5 Å². The number of carbonyl (C=O) groups excluding carboxylic acids is 2. The van der Waals surface area contributed by atoms with Gasteiger partial charge in [-0.25, -0.2) is 4.79 Å². The smallest absolute Gasteiger partial charge is 0.338 e. The largest absolute Gasteiger partial charge is 0.490 e. The Morgan fingerprint density at radius 3 is 2.28 bits per heavy atom. The second-order valence-electron chi connectivity index (χ2n) is 8.93. The van der Waals surface area contributed by atoms with Crippen molar-refractivity contribution in [3.63, 3.8) is 0 Å². The zero-order chi connectivity index (χ0) is 25.8. The summed E-state index contributed by atoms with van der Waals surface area (Å²) in [5.74, 6) is -0.149. The number of benzene rings is 3. The molecule has 0 fully saturated rings. The van der Waals surface area contributed by atoms with Crippen molar-refractivity contribution in [2.45, 2.75) is 51.9 Å². The van der Waals surface area contributed by atoms with E-state index in [0.29, 0.717) is 30.1 Å². The van der Waals surface area contributed by atoms with Gasteiger partial charge in [0.05, 0.1) is 12.2 Å². The molecule has 0 aliphatic rings. The number of ketones is 1. The van der Waals surface area contributed by atoms with Crippen LogP contribution < -0.4 is 4.74 Å². The van der Waals surface area contributed by atoms with Crippen molar-refractivity contribution >= 4 is 11.8 Å². The number of hydrogen-bond acceptors (Lipinski definition) is 4. The number of Topliss-reactive ketones (excluding diaryl/α,β-unsaturated/α-hetero) is 1. The van der Waals surface area contributed by atoms with Crippen LogP contribution in [0.2, 0.25) is 0 Å². The standard InChI is InChI=1S/C32H36O4/c1-4-6-7-8-12-22-36-32(34)27-17-20-29(25-13-10-9-11-14-25)30(23-27)24(3)31(33)26-15-18-28(19-16-26)35-21-5-2/h5,9-11,13-20,23-24H,2,4,6-8,12,21-22H2,1,3H3. The van der Waals surface area contributed by atoms with E-state index in [0.717, 1.165) is 36.0 Å². The topological polar surface area (TPSA) is 52.6 Å². The summed E-state index contributed by atoms with van der Waals surface area (Å²) in [6, 6.07) is 22.5. The van der Waals surface area contributed by atoms with Gasteiger partial charge >= 0.3 is 5.97 Å². The van der Waals surface area contributed by atoms with E-state index >= 15 is 0 Å². The molecule has 3 rings (SSSR count). The molecule has 0 saturated carbocycles. The fourth-order valence-electron chi connectivity index (χ4n) is 4.14. The van der Waals surface area contributed by atoms with Crippen LogP contribution in [0.3, 0.4) is 0 Å². The molecular formula is C32H36O4. The van der Waals surface area contributed by atoms with Crippen LogP contribution in [-0.4, -0.2) is 25.0 Å². The summed E-state index contributed by atoms with van der Waals surface area (Å²) in [7, 11) is 0. The van der Waals surface area contributed by atoms with Crippen LogP contribution >= 0.6 is 0 Å².